The summed E-state index contributed by atoms with van der Waals surface area (Å²) in [6.45, 7) is 15.6. The third-order valence-corrected chi connectivity index (χ3v) is 25.3. The Kier molecular flexibility index (Phi) is 18.5. The van der Waals surface area contributed by atoms with E-state index < -0.39 is 11.3 Å². The van der Waals surface area contributed by atoms with Crippen LogP contribution in [0, 0.1) is 41.4 Å². The lowest BCUT2D eigenvalue weighted by atomic mass is 9.72. The number of allylic oxidation sites excluding steroid dienone is 4. The van der Waals surface area contributed by atoms with E-state index in [-0.39, 0.29) is 23.2 Å². The van der Waals surface area contributed by atoms with Crippen LogP contribution in [0.15, 0.2) is 120 Å². The zero-order valence-electron chi connectivity index (χ0n) is 59.6. The summed E-state index contributed by atoms with van der Waals surface area (Å²) >= 11 is 0. The molecule has 8 aliphatic rings. The van der Waals surface area contributed by atoms with E-state index >= 15 is 0 Å². The van der Waals surface area contributed by atoms with Crippen LogP contribution in [0.25, 0.3) is 22.8 Å². The van der Waals surface area contributed by atoms with Gasteiger partial charge in [0.05, 0.1) is 50.7 Å². The summed E-state index contributed by atoms with van der Waals surface area (Å²) in [4.78, 5) is 21.8. The molecule has 4 aromatic carbocycles. The maximum atomic E-state index is 7.56. The lowest BCUT2D eigenvalue weighted by Crippen LogP contribution is -2.79. The van der Waals surface area contributed by atoms with E-state index in [0.29, 0.717) is 36.2 Å². The molecule has 0 radical (unpaired) electrons. The van der Waals surface area contributed by atoms with Crippen LogP contribution < -0.4 is 18.9 Å². The van der Waals surface area contributed by atoms with Crippen LogP contribution in [0.3, 0.4) is 0 Å². The van der Waals surface area contributed by atoms with Gasteiger partial charge in [-0.25, -0.2) is 0 Å². The van der Waals surface area contributed by atoms with E-state index in [4.69, 9.17) is 18.9 Å². The summed E-state index contributed by atoms with van der Waals surface area (Å²) in [5, 5.41) is 0. The number of methoxy groups -OCH3 is 3. The Morgan fingerprint density at radius 1 is 0.348 bits per heavy atom. The molecule has 4 aliphatic carbocycles. The van der Waals surface area contributed by atoms with Crippen LogP contribution >= 0.6 is 0 Å². The van der Waals surface area contributed by atoms with Gasteiger partial charge in [-0.15, -0.1) is 0 Å². The fraction of sp³-hybridized carbons (Fsp3) is 0.600. The summed E-state index contributed by atoms with van der Waals surface area (Å²) in [5.74, 6) is 6.11. The molecule has 498 valence electrons. The normalized spacial score (nSPS) is 26.2. The maximum Gasteiger partial charge on any atom is 0.158 e. The van der Waals surface area contributed by atoms with Crippen molar-refractivity contribution in [1.29, 1.82) is 0 Å². The van der Waals surface area contributed by atoms with Gasteiger partial charge in [-0.2, -0.15) is 0 Å². The monoisotopic (exact) mass is 1250 g/mol. The first-order valence-electron chi connectivity index (χ1n) is 35.8. The first-order valence-corrected chi connectivity index (χ1v) is 35.8. The summed E-state index contributed by atoms with van der Waals surface area (Å²) in [7, 11) is 24.7. The molecule has 0 spiro atoms. The van der Waals surface area contributed by atoms with Crippen molar-refractivity contribution in [1.82, 2.24) is 39.2 Å². The minimum absolute atomic E-state index is 0.0313. The van der Waals surface area contributed by atoms with E-state index in [9.17, 15) is 0 Å². The number of likely N-dealkylation sites (N-methyl/N-ethyl adjacent to an activating group) is 8. The largest absolute Gasteiger partial charge is 0.496 e. The fourth-order valence-corrected chi connectivity index (χ4v) is 21.0. The highest BCUT2D eigenvalue weighted by molar-refractivity contribution is 5.98. The van der Waals surface area contributed by atoms with Crippen LogP contribution in [-0.4, -0.2) is 146 Å². The Morgan fingerprint density at radius 2 is 0.620 bits per heavy atom. The first-order chi connectivity index (χ1) is 44.3. The average Bonchev–Trinajstić information content (AvgIpc) is 1.49. The Balaban J connectivity index is 0.917. The number of benzene rings is 4. The third kappa shape index (κ3) is 9.81. The van der Waals surface area contributed by atoms with E-state index in [1.807, 2.05) is 0 Å². The predicted molar refractivity (Wildman–Crippen MR) is 378 cm³/mol. The Hall–Kier alpha value is -6.56. The average molecular weight is 1250 g/mol. The van der Waals surface area contributed by atoms with Crippen molar-refractivity contribution in [2.45, 2.75) is 186 Å². The number of para-hydroxylation sites is 4. The number of ether oxygens (including phenoxy) is 4. The number of hydrogen-bond acceptors (Lipinski definition) is 12. The molecule has 4 fully saturated rings. The number of nitrogens with zero attached hydrogens (tertiary/aromatic N) is 8. The van der Waals surface area contributed by atoms with E-state index in [1.165, 1.54) is 109 Å². The molecular weight excluding hydrogens is 1140 g/mol. The molecule has 4 aromatic rings. The second-order valence-electron chi connectivity index (χ2n) is 29.9. The molecule has 4 unspecified atom stereocenters. The molecule has 92 heavy (non-hydrogen) atoms. The molecule has 12 nitrogen and oxygen atoms in total. The van der Waals surface area contributed by atoms with Crippen LogP contribution in [0.4, 0.5) is 0 Å². The van der Waals surface area contributed by atoms with Gasteiger partial charge in [0.1, 0.15) is 23.0 Å². The van der Waals surface area contributed by atoms with Gasteiger partial charge in [0, 0.05) is 125 Å². The minimum atomic E-state index is -0.764. The Bertz CT molecular complexity index is 3340. The minimum Gasteiger partial charge on any atom is -0.496 e. The van der Waals surface area contributed by atoms with Crippen molar-refractivity contribution < 1.29 is 18.9 Å². The van der Waals surface area contributed by atoms with Gasteiger partial charge in [0.2, 0.25) is 0 Å². The molecule has 0 aromatic heterocycles. The quantitative estimate of drug-likeness (QED) is 0.0953. The molecule has 0 saturated heterocycles. The molecule has 4 atom stereocenters. The standard InChI is InChI=1S/C80H114N8O4/c1-54(2)79(85(11)73(61-44-27-31-48-65(61)89-15)74(86(79)12)62-45-28-32-49-66(62)90-16)80(55(3)4)87(13)75(63-46-29-33-50-67(63)91-17)76(88(80)14)64-47-30-34-51-68(64)92-53-56-36-35-43-60(52-56)72-71(59-41-25-20-26-42-59)83(9)78(6,84(72)10)77(5)81(7)69(57-37-21-18-22-38-57)70(82(77)8)58-39-23-19-24-40-58/h27-34,44-51,54-60H,18-26,35-43,52-53H2,1-17H3. The number of hydrogen-bond donors (Lipinski definition) is 0. The smallest absolute Gasteiger partial charge is 0.158 e. The van der Waals surface area contributed by atoms with Crippen LogP contribution in [0.2, 0.25) is 0 Å². The van der Waals surface area contributed by atoms with E-state index in [1.54, 1.807) is 44.1 Å². The molecule has 0 bridgehead atoms. The van der Waals surface area contributed by atoms with Crippen molar-refractivity contribution in [2.75, 3.05) is 84.3 Å². The molecular formula is C80H114N8O4. The van der Waals surface area contributed by atoms with Crippen molar-refractivity contribution in [2.24, 2.45) is 41.4 Å². The SMILES string of the molecule is COc1ccccc1C1=C(c2ccccc2OC)N(C)C(C(C)C)(C2(C(C)C)N(C)C(c3ccccc3OC)=C(c3ccccc3OCC3CCCC(C4=C(C5CCCCC5)N(C)C(C)(C5(C)N(C)C(C6CCCCC6)=C(C6CCCCC6)N5C)N4C)C3)N2C)N1C. The van der Waals surface area contributed by atoms with E-state index in [2.05, 4.69) is 234 Å². The molecule has 4 aliphatic heterocycles. The highest BCUT2D eigenvalue weighted by Crippen LogP contribution is 2.65. The van der Waals surface area contributed by atoms with Crippen LogP contribution in [-0.2, 0) is 0 Å². The summed E-state index contributed by atoms with van der Waals surface area (Å²) in [5.41, 5.74) is 13.0. The van der Waals surface area contributed by atoms with Gasteiger partial charge in [0.25, 0.3) is 0 Å². The topological polar surface area (TPSA) is 62.8 Å². The van der Waals surface area contributed by atoms with Crippen LogP contribution in [0.1, 0.15) is 186 Å². The molecule has 12 heteroatoms. The van der Waals surface area contributed by atoms with Crippen molar-refractivity contribution >= 4 is 22.8 Å². The van der Waals surface area contributed by atoms with Crippen LogP contribution in [0.5, 0.6) is 23.0 Å². The maximum absolute atomic E-state index is 7.56. The second-order valence-corrected chi connectivity index (χ2v) is 29.9. The second kappa shape index (κ2) is 26.0. The highest BCUT2D eigenvalue weighted by Gasteiger charge is 2.72. The molecule has 0 N–H and O–H groups in total. The first kappa shape index (κ1) is 65.5. The predicted octanol–water partition coefficient (Wildman–Crippen LogP) is 17.1. The lowest BCUT2D eigenvalue weighted by molar-refractivity contribution is -0.171. The lowest BCUT2D eigenvalue weighted by Gasteiger charge is -2.64. The fourth-order valence-electron chi connectivity index (χ4n) is 21.0. The van der Waals surface area contributed by atoms with Gasteiger partial charge in [0.15, 0.2) is 22.7 Å². The van der Waals surface area contributed by atoms with Crippen molar-refractivity contribution in [3.05, 3.63) is 142 Å². The summed E-state index contributed by atoms with van der Waals surface area (Å²) < 4.78 is 26.5. The molecule has 4 heterocycles. The summed E-state index contributed by atoms with van der Waals surface area (Å²) in [6.07, 6.45) is 24.7. The third-order valence-electron chi connectivity index (χ3n) is 25.3. The van der Waals surface area contributed by atoms with Gasteiger partial charge in [-0.3, -0.25) is 0 Å². The van der Waals surface area contributed by atoms with Gasteiger partial charge in [-0.05, 0) is 138 Å². The van der Waals surface area contributed by atoms with Crippen molar-refractivity contribution in [3.8, 4) is 23.0 Å². The van der Waals surface area contributed by atoms with Gasteiger partial charge >= 0.3 is 0 Å². The molecule has 12 rings (SSSR count). The zero-order valence-corrected chi connectivity index (χ0v) is 59.6. The van der Waals surface area contributed by atoms with Crippen molar-refractivity contribution in [3.63, 3.8) is 0 Å². The van der Waals surface area contributed by atoms with Gasteiger partial charge in [-0.1, -0.05) is 140 Å². The molecule has 0 amide bonds. The zero-order chi connectivity index (χ0) is 65.2. The number of rotatable bonds is 18. The highest BCUT2D eigenvalue weighted by atomic mass is 16.5. The van der Waals surface area contributed by atoms with E-state index in [0.717, 1.165) is 80.9 Å². The van der Waals surface area contributed by atoms with Gasteiger partial charge < -0.3 is 58.1 Å². The Morgan fingerprint density at radius 3 is 0.924 bits per heavy atom. The Labute approximate surface area is 555 Å². The molecule has 4 saturated carbocycles. The summed E-state index contributed by atoms with van der Waals surface area (Å²) in [6, 6.07) is 34.5.